The number of aromatic nitrogens is 2. The summed E-state index contributed by atoms with van der Waals surface area (Å²) < 4.78 is 0. The highest BCUT2D eigenvalue weighted by Crippen LogP contribution is 2.28. The van der Waals surface area contributed by atoms with E-state index in [1.807, 2.05) is 19.2 Å². The van der Waals surface area contributed by atoms with Crippen LogP contribution in [0.2, 0.25) is 0 Å². The molecule has 0 radical (unpaired) electrons. The molecule has 94 valence electrons. The molecule has 2 unspecified atom stereocenters. The first-order chi connectivity index (χ1) is 8.16. The highest BCUT2D eigenvalue weighted by Gasteiger charge is 2.26. The number of hydrogen-bond donors (Lipinski definition) is 1. The van der Waals surface area contributed by atoms with Crippen molar-refractivity contribution in [2.24, 2.45) is 11.8 Å². The van der Waals surface area contributed by atoms with Crippen LogP contribution in [0.25, 0.3) is 0 Å². The molecular formula is C14H23N3. The highest BCUT2D eigenvalue weighted by atomic mass is 15.0. The number of rotatable bonds is 3. The topological polar surface area (TPSA) is 37.8 Å². The summed E-state index contributed by atoms with van der Waals surface area (Å²) in [6, 6.07) is 2.64. The Balaban J connectivity index is 1.92. The summed E-state index contributed by atoms with van der Waals surface area (Å²) in [6.45, 7) is 7.52. The predicted molar refractivity (Wildman–Crippen MR) is 69.6 cm³/mol. The van der Waals surface area contributed by atoms with Crippen molar-refractivity contribution in [3.8, 4) is 0 Å². The summed E-state index contributed by atoms with van der Waals surface area (Å²) in [7, 11) is 0. The van der Waals surface area contributed by atoms with E-state index in [2.05, 4.69) is 29.1 Å². The fourth-order valence-electron chi connectivity index (χ4n) is 2.91. The van der Waals surface area contributed by atoms with Gasteiger partial charge in [-0.1, -0.05) is 20.3 Å². The van der Waals surface area contributed by atoms with Crippen molar-refractivity contribution in [1.29, 1.82) is 0 Å². The van der Waals surface area contributed by atoms with Gasteiger partial charge in [-0.15, -0.1) is 0 Å². The Morgan fingerprint density at radius 1 is 1.29 bits per heavy atom. The number of nitrogens with one attached hydrogen (secondary N) is 1. The maximum Gasteiger partial charge on any atom is 0.125 e. The van der Waals surface area contributed by atoms with E-state index in [0.29, 0.717) is 6.04 Å². The molecule has 1 saturated carbocycles. The summed E-state index contributed by atoms with van der Waals surface area (Å²) >= 11 is 0. The third kappa shape index (κ3) is 3.25. The lowest BCUT2D eigenvalue weighted by molar-refractivity contribution is 0.207. The van der Waals surface area contributed by atoms with Crippen LogP contribution >= 0.6 is 0 Å². The van der Waals surface area contributed by atoms with Gasteiger partial charge in [-0.2, -0.15) is 0 Å². The zero-order chi connectivity index (χ0) is 12.3. The predicted octanol–water partition coefficient (Wildman–Crippen LogP) is 2.70. The van der Waals surface area contributed by atoms with Gasteiger partial charge in [-0.05, 0) is 37.7 Å². The lowest BCUT2D eigenvalue weighted by Gasteiger charge is -2.35. The minimum atomic E-state index is 0.638. The molecule has 0 spiro atoms. The minimum Gasteiger partial charge on any atom is -0.308 e. The van der Waals surface area contributed by atoms with Crippen LogP contribution in [0.3, 0.4) is 0 Å². The summed E-state index contributed by atoms with van der Waals surface area (Å²) in [5.74, 6) is 2.41. The van der Waals surface area contributed by atoms with Crippen molar-refractivity contribution in [3.63, 3.8) is 0 Å². The fraction of sp³-hybridized carbons (Fsp3) is 0.714. The molecule has 0 aromatic carbocycles. The van der Waals surface area contributed by atoms with Crippen molar-refractivity contribution >= 4 is 0 Å². The van der Waals surface area contributed by atoms with Gasteiger partial charge in [0.15, 0.2) is 0 Å². The molecule has 1 aliphatic rings. The Hall–Kier alpha value is -0.960. The number of nitrogens with zero attached hydrogens (tertiary/aromatic N) is 2. The average Bonchev–Trinajstić information content (AvgIpc) is 2.28. The van der Waals surface area contributed by atoms with Crippen LogP contribution < -0.4 is 5.32 Å². The fourth-order valence-corrected chi connectivity index (χ4v) is 2.91. The quantitative estimate of drug-likeness (QED) is 0.872. The first-order valence-electron chi connectivity index (χ1n) is 6.68. The molecule has 3 nitrogen and oxygen atoms in total. The van der Waals surface area contributed by atoms with Crippen molar-refractivity contribution in [2.75, 3.05) is 0 Å². The van der Waals surface area contributed by atoms with Crippen molar-refractivity contribution in [3.05, 3.63) is 23.8 Å². The monoisotopic (exact) mass is 233 g/mol. The Bertz CT molecular complexity index is 354. The molecule has 1 aliphatic carbocycles. The van der Waals surface area contributed by atoms with Crippen LogP contribution in [0.5, 0.6) is 0 Å². The van der Waals surface area contributed by atoms with E-state index in [1.54, 1.807) is 0 Å². The van der Waals surface area contributed by atoms with Gasteiger partial charge in [0.25, 0.3) is 0 Å². The van der Waals surface area contributed by atoms with Crippen LogP contribution in [0, 0.1) is 18.8 Å². The van der Waals surface area contributed by atoms with Gasteiger partial charge in [-0.25, -0.2) is 9.97 Å². The molecule has 1 aromatic rings. The Morgan fingerprint density at radius 2 is 2.00 bits per heavy atom. The minimum absolute atomic E-state index is 0.638. The molecule has 0 amide bonds. The smallest absolute Gasteiger partial charge is 0.125 e. The van der Waals surface area contributed by atoms with E-state index in [4.69, 9.17) is 0 Å². The molecule has 3 heteroatoms. The molecule has 1 N–H and O–H groups in total. The SMILES string of the molecule is Cc1nccc(CNC2C(C)CCCC2C)n1. The van der Waals surface area contributed by atoms with Crippen LogP contribution in [0.1, 0.15) is 44.6 Å². The van der Waals surface area contributed by atoms with Gasteiger partial charge in [0.2, 0.25) is 0 Å². The maximum absolute atomic E-state index is 4.43. The Labute approximate surface area is 104 Å². The van der Waals surface area contributed by atoms with Crippen molar-refractivity contribution < 1.29 is 0 Å². The zero-order valence-electron chi connectivity index (χ0n) is 11.1. The Kier molecular flexibility index (Phi) is 4.11. The van der Waals surface area contributed by atoms with Gasteiger partial charge in [-0.3, -0.25) is 0 Å². The zero-order valence-corrected chi connectivity index (χ0v) is 11.1. The largest absolute Gasteiger partial charge is 0.308 e. The second-order valence-corrected chi connectivity index (χ2v) is 5.39. The van der Waals surface area contributed by atoms with Crippen LogP contribution in [0.15, 0.2) is 12.3 Å². The van der Waals surface area contributed by atoms with Crippen LogP contribution in [0.4, 0.5) is 0 Å². The van der Waals surface area contributed by atoms with Gasteiger partial charge >= 0.3 is 0 Å². The van der Waals surface area contributed by atoms with Gasteiger partial charge in [0.05, 0.1) is 5.69 Å². The van der Waals surface area contributed by atoms with E-state index in [0.717, 1.165) is 29.9 Å². The van der Waals surface area contributed by atoms with E-state index in [-0.39, 0.29) is 0 Å². The van der Waals surface area contributed by atoms with Gasteiger partial charge in [0.1, 0.15) is 5.82 Å². The van der Waals surface area contributed by atoms with Gasteiger partial charge in [0, 0.05) is 18.8 Å². The van der Waals surface area contributed by atoms with E-state index < -0.39 is 0 Å². The Morgan fingerprint density at radius 3 is 2.65 bits per heavy atom. The second-order valence-electron chi connectivity index (χ2n) is 5.39. The van der Waals surface area contributed by atoms with Crippen LogP contribution in [-0.2, 0) is 6.54 Å². The van der Waals surface area contributed by atoms with Crippen LogP contribution in [-0.4, -0.2) is 16.0 Å². The molecule has 1 aromatic heterocycles. The first-order valence-corrected chi connectivity index (χ1v) is 6.68. The van der Waals surface area contributed by atoms with Crippen molar-refractivity contribution in [1.82, 2.24) is 15.3 Å². The lowest BCUT2D eigenvalue weighted by atomic mass is 9.79. The molecule has 0 aliphatic heterocycles. The van der Waals surface area contributed by atoms with Crippen molar-refractivity contribution in [2.45, 2.75) is 52.6 Å². The average molecular weight is 233 g/mol. The third-order valence-corrected chi connectivity index (χ3v) is 3.90. The van der Waals surface area contributed by atoms with Gasteiger partial charge < -0.3 is 5.32 Å². The molecule has 1 fully saturated rings. The molecular weight excluding hydrogens is 210 g/mol. The molecule has 2 rings (SSSR count). The molecule has 17 heavy (non-hydrogen) atoms. The highest BCUT2D eigenvalue weighted by molar-refractivity contribution is 5.01. The molecule has 1 heterocycles. The van der Waals surface area contributed by atoms with E-state index in [9.17, 15) is 0 Å². The summed E-state index contributed by atoms with van der Waals surface area (Å²) in [5.41, 5.74) is 1.10. The molecule has 0 saturated heterocycles. The number of aryl methyl sites for hydroxylation is 1. The normalized spacial score (nSPS) is 29.2. The second kappa shape index (κ2) is 5.58. The lowest BCUT2D eigenvalue weighted by Crippen LogP contribution is -2.42. The standard InChI is InChI=1S/C14H23N3/c1-10-5-4-6-11(2)14(10)16-9-13-7-8-15-12(3)17-13/h7-8,10-11,14,16H,4-6,9H2,1-3H3. The van der Waals surface area contributed by atoms with E-state index >= 15 is 0 Å². The summed E-state index contributed by atoms with van der Waals surface area (Å²) in [4.78, 5) is 8.56. The maximum atomic E-state index is 4.43. The molecule has 2 atom stereocenters. The van der Waals surface area contributed by atoms with E-state index in [1.165, 1.54) is 19.3 Å². The first kappa shape index (κ1) is 12.5. The third-order valence-electron chi connectivity index (χ3n) is 3.90. The number of hydrogen-bond acceptors (Lipinski definition) is 3. The molecule has 0 bridgehead atoms. The summed E-state index contributed by atoms with van der Waals surface area (Å²) in [5, 5.41) is 3.67. The summed E-state index contributed by atoms with van der Waals surface area (Å²) in [6.07, 6.45) is 5.93.